The summed E-state index contributed by atoms with van der Waals surface area (Å²) in [7, 11) is 4.72. The average Bonchev–Trinajstić information content (AvgIpc) is 2.76. The minimum absolute atomic E-state index is 0.0867. The van der Waals surface area contributed by atoms with E-state index < -0.39 is 0 Å². The molecule has 0 saturated carbocycles. The van der Waals surface area contributed by atoms with Crippen molar-refractivity contribution in [3.8, 4) is 11.5 Å². The van der Waals surface area contributed by atoms with E-state index in [1.807, 2.05) is 18.7 Å². The molecular formula is C21H33N3O5. The second-order valence-electron chi connectivity index (χ2n) is 7.18. The largest absolute Gasteiger partial charge is 0.493 e. The molecule has 0 radical (unpaired) electrons. The first-order chi connectivity index (χ1) is 13.9. The monoisotopic (exact) mass is 407 g/mol. The molecule has 2 amide bonds. The van der Waals surface area contributed by atoms with Crippen LogP contribution in [0.1, 0.15) is 30.6 Å². The van der Waals surface area contributed by atoms with Crippen molar-refractivity contribution in [1.29, 1.82) is 0 Å². The van der Waals surface area contributed by atoms with Gasteiger partial charge in [0.1, 0.15) is 0 Å². The molecule has 1 heterocycles. The number of hydrogen-bond donors (Lipinski definition) is 1. The number of anilines is 1. The van der Waals surface area contributed by atoms with Gasteiger partial charge in [-0.15, -0.1) is 0 Å². The molecule has 1 saturated heterocycles. The van der Waals surface area contributed by atoms with Gasteiger partial charge in [0.05, 0.1) is 26.5 Å². The highest BCUT2D eigenvalue weighted by Crippen LogP contribution is 2.37. The zero-order valence-electron chi connectivity index (χ0n) is 18.1. The minimum Gasteiger partial charge on any atom is -0.493 e. The van der Waals surface area contributed by atoms with Gasteiger partial charge in [0, 0.05) is 51.3 Å². The first-order valence-corrected chi connectivity index (χ1v) is 10.0. The number of carbonyl (C=O) groups is 2. The first kappa shape index (κ1) is 23.0. The summed E-state index contributed by atoms with van der Waals surface area (Å²) < 4.78 is 16.0. The van der Waals surface area contributed by atoms with Crippen LogP contribution in [0.2, 0.25) is 0 Å². The topological polar surface area (TPSA) is 80.3 Å². The Bertz CT molecular complexity index is 702. The Morgan fingerprint density at radius 2 is 1.79 bits per heavy atom. The fraction of sp³-hybridized carbons (Fsp3) is 0.619. The summed E-state index contributed by atoms with van der Waals surface area (Å²) in [5, 5.41) is 2.88. The van der Waals surface area contributed by atoms with Crippen molar-refractivity contribution in [3.63, 3.8) is 0 Å². The van der Waals surface area contributed by atoms with E-state index in [9.17, 15) is 9.59 Å². The molecule has 0 aromatic heterocycles. The van der Waals surface area contributed by atoms with Crippen LogP contribution in [0, 0.1) is 5.92 Å². The molecule has 0 aliphatic carbocycles. The van der Waals surface area contributed by atoms with Crippen molar-refractivity contribution in [2.24, 2.45) is 5.92 Å². The number of nitrogens with zero attached hydrogens (tertiary/aromatic N) is 2. The molecule has 1 atom stereocenters. The number of ether oxygens (including phenoxy) is 3. The third-order valence-corrected chi connectivity index (χ3v) is 5.31. The van der Waals surface area contributed by atoms with Crippen LogP contribution in [0.4, 0.5) is 5.69 Å². The van der Waals surface area contributed by atoms with Crippen LogP contribution in [0.25, 0.3) is 0 Å². The summed E-state index contributed by atoms with van der Waals surface area (Å²) >= 11 is 0. The van der Waals surface area contributed by atoms with Crippen LogP contribution in [-0.2, 0) is 9.53 Å². The molecule has 162 valence electrons. The van der Waals surface area contributed by atoms with Gasteiger partial charge in [-0.05, 0) is 18.6 Å². The Morgan fingerprint density at radius 3 is 2.34 bits per heavy atom. The summed E-state index contributed by atoms with van der Waals surface area (Å²) in [6.07, 6.45) is 0.719. The highest BCUT2D eigenvalue weighted by atomic mass is 16.5. The summed E-state index contributed by atoms with van der Waals surface area (Å²) in [6.45, 7) is 8.26. The molecule has 2 rings (SSSR count). The molecule has 1 aromatic rings. The van der Waals surface area contributed by atoms with Crippen molar-refractivity contribution in [1.82, 2.24) is 9.80 Å². The highest BCUT2D eigenvalue weighted by molar-refractivity contribution is 6.00. The Kier molecular flexibility index (Phi) is 8.72. The molecule has 1 N–H and O–H groups in total. The smallest absolute Gasteiger partial charge is 0.254 e. The molecule has 8 heteroatoms. The average molecular weight is 408 g/mol. The quantitative estimate of drug-likeness (QED) is 0.675. The maximum Gasteiger partial charge on any atom is 0.254 e. The third-order valence-electron chi connectivity index (χ3n) is 5.31. The molecule has 1 aliphatic rings. The van der Waals surface area contributed by atoms with Gasteiger partial charge in [0.25, 0.3) is 5.91 Å². The van der Waals surface area contributed by atoms with Gasteiger partial charge < -0.3 is 24.4 Å². The van der Waals surface area contributed by atoms with Crippen LogP contribution in [0.15, 0.2) is 12.1 Å². The molecule has 0 spiro atoms. The lowest BCUT2D eigenvalue weighted by Gasteiger charge is -2.34. The number of hydrogen-bond acceptors (Lipinski definition) is 6. The summed E-state index contributed by atoms with van der Waals surface area (Å²) in [6, 6.07) is 3.33. The van der Waals surface area contributed by atoms with Crippen molar-refractivity contribution in [3.05, 3.63) is 17.7 Å². The van der Waals surface area contributed by atoms with Gasteiger partial charge >= 0.3 is 0 Å². The molecule has 1 unspecified atom stereocenters. The molecule has 8 nitrogen and oxygen atoms in total. The van der Waals surface area contributed by atoms with Gasteiger partial charge in [-0.25, -0.2) is 0 Å². The first-order valence-electron chi connectivity index (χ1n) is 10.0. The predicted molar refractivity (Wildman–Crippen MR) is 112 cm³/mol. The normalized spacial score (nSPS) is 15.7. The Labute approximate surface area is 173 Å². The molecule has 0 bridgehead atoms. The standard InChI is InChI=1S/C21H33N3O5/c1-6-15(2)20(25)22-17-13-16(14-18(28-4)19(17)29-5)21(26)24-9-7-23(8-10-24)11-12-27-3/h13-15H,6-12H2,1-5H3,(H,22,25). The molecular weight excluding hydrogens is 374 g/mol. The van der Waals surface area contributed by atoms with E-state index in [0.29, 0.717) is 42.4 Å². The SMILES string of the molecule is CCC(C)C(=O)Nc1cc(C(=O)N2CCN(CCOC)CC2)cc(OC)c1OC. The maximum atomic E-state index is 13.1. The lowest BCUT2D eigenvalue weighted by atomic mass is 10.1. The molecule has 1 fully saturated rings. The lowest BCUT2D eigenvalue weighted by molar-refractivity contribution is -0.119. The number of benzene rings is 1. The fourth-order valence-corrected chi connectivity index (χ4v) is 3.20. The van der Waals surface area contributed by atoms with Crippen LogP contribution < -0.4 is 14.8 Å². The molecule has 29 heavy (non-hydrogen) atoms. The second-order valence-corrected chi connectivity index (χ2v) is 7.18. The van der Waals surface area contributed by atoms with E-state index in [-0.39, 0.29) is 17.7 Å². The van der Waals surface area contributed by atoms with E-state index >= 15 is 0 Å². The number of amides is 2. The number of piperazine rings is 1. The molecule has 1 aliphatic heterocycles. The number of rotatable bonds is 9. The van der Waals surface area contributed by atoms with Crippen LogP contribution in [0.5, 0.6) is 11.5 Å². The minimum atomic E-state index is -0.148. The highest BCUT2D eigenvalue weighted by Gasteiger charge is 2.25. The van der Waals surface area contributed by atoms with E-state index in [4.69, 9.17) is 14.2 Å². The Hall–Kier alpha value is -2.32. The van der Waals surface area contributed by atoms with Crippen molar-refractivity contribution in [2.45, 2.75) is 20.3 Å². The van der Waals surface area contributed by atoms with E-state index in [2.05, 4.69) is 10.2 Å². The van der Waals surface area contributed by atoms with Crippen molar-refractivity contribution in [2.75, 3.05) is 66.0 Å². The number of carbonyl (C=O) groups excluding carboxylic acids is 2. The number of nitrogens with one attached hydrogen (secondary N) is 1. The maximum absolute atomic E-state index is 13.1. The Balaban J connectivity index is 2.20. The fourth-order valence-electron chi connectivity index (χ4n) is 3.20. The zero-order chi connectivity index (χ0) is 21.4. The zero-order valence-corrected chi connectivity index (χ0v) is 18.1. The third kappa shape index (κ3) is 5.83. The summed E-state index contributed by atoms with van der Waals surface area (Å²) in [5.41, 5.74) is 0.909. The van der Waals surface area contributed by atoms with Crippen LogP contribution >= 0.6 is 0 Å². The van der Waals surface area contributed by atoms with Gasteiger partial charge in [-0.3, -0.25) is 14.5 Å². The van der Waals surface area contributed by atoms with E-state index in [1.165, 1.54) is 14.2 Å². The Morgan fingerprint density at radius 1 is 1.10 bits per heavy atom. The van der Waals surface area contributed by atoms with E-state index in [0.717, 1.165) is 26.1 Å². The van der Waals surface area contributed by atoms with Gasteiger partial charge in [0.2, 0.25) is 5.91 Å². The van der Waals surface area contributed by atoms with Gasteiger partial charge in [0.15, 0.2) is 11.5 Å². The second kappa shape index (κ2) is 11.0. The number of methoxy groups -OCH3 is 3. The van der Waals surface area contributed by atoms with Gasteiger partial charge in [-0.2, -0.15) is 0 Å². The van der Waals surface area contributed by atoms with E-state index in [1.54, 1.807) is 19.2 Å². The van der Waals surface area contributed by atoms with Crippen LogP contribution in [-0.4, -0.2) is 82.3 Å². The lowest BCUT2D eigenvalue weighted by Crippen LogP contribution is -2.49. The predicted octanol–water partition coefficient (Wildman–Crippen LogP) is 2.09. The summed E-state index contributed by atoms with van der Waals surface area (Å²) in [4.78, 5) is 29.6. The van der Waals surface area contributed by atoms with Gasteiger partial charge in [-0.1, -0.05) is 13.8 Å². The molecule has 1 aromatic carbocycles. The van der Waals surface area contributed by atoms with Crippen molar-refractivity contribution >= 4 is 17.5 Å². The summed E-state index contributed by atoms with van der Waals surface area (Å²) in [5.74, 6) is 0.465. The van der Waals surface area contributed by atoms with Crippen LogP contribution in [0.3, 0.4) is 0 Å². The van der Waals surface area contributed by atoms with Crippen molar-refractivity contribution < 1.29 is 23.8 Å².